The molecule has 2 aliphatic rings. The molecule has 7 nitrogen and oxygen atoms in total. The molecular weight excluding hydrogens is 536 g/mol. The Bertz CT molecular complexity index is 1310. The Morgan fingerprint density at radius 1 is 1.14 bits per heavy atom. The molecule has 2 fully saturated rings. The van der Waals surface area contributed by atoms with E-state index in [2.05, 4.69) is 16.9 Å². The first-order valence-corrected chi connectivity index (χ1v) is 13.8. The largest absolute Gasteiger partial charge is 0.369 e. The fourth-order valence-corrected chi connectivity index (χ4v) is 5.55. The Morgan fingerprint density at radius 2 is 1.76 bits per heavy atom. The molecule has 37 heavy (non-hydrogen) atoms. The van der Waals surface area contributed by atoms with Gasteiger partial charge in [0.25, 0.3) is 5.92 Å². The molecule has 0 saturated carbocycles. The Kier molecular flexibility index (Phi) is 7.44. The van der Waals surface area contributed by atoms with Crippen molar-refractivity contribution in [2.75, 3.05) is 36.1 Å². The van der Waals surface area contributed by atoms with Crippen molar-refractivity contribution in [1.29, 1.82) is 0 Å². The highest BCUT2D eigenvalue weighted by atomic mass is 35.5. The van der Waals surface area contributed by atoms with Crippen molar-refractivity contribution in [3.63, 3.8) is 0 Å². The topological polar surface area (TPSA) is 82.6 Å². The monoisotopic (exact) mass is 560 g/mol. The molecule has 13 heteroatoms. The molecule has 2 aromatic rings. The molecule has 0 spiro atoms. The molecule has 0 bridgehead atoms. The van der Waals surface area contributed by atoms with Crippen LogP contribution in [0.2, 0.25) is 5.02 Å². The Morgan fingerprint density at radius 3 is 2.30 bits per heavy atom. The standard InChI is InChI=1S/C24H25ClF4N4O3S/c1-3-24(28,29)14-10-17(25)22(30-13-14)32-7-4-15(5-8-32)33-9-6-20(23(33)34)31-21-18(26)11-16(12-19(21)27)37(2,35)36/h3,10-13,15,20,31H,1,4-9H2,2H3/t20-/m0/s1. The average molecular weight is 561 g/mol. The minimum Gasteiger partial charge on any atom is -0.369 e. The number of hydrogen-bond donors (Lipinski definition) is 1. The third kappa shape index (κ3) is 5.54. The highest BCUT2D eigenvalue weighted by molar-refractivity contribution is 7.90. The van der Waals surface area contributed by atoms with Crippen molar-refractivity contribution >= 4 is 38.9 Å². The Balaban J connectivity index is 1.39. The van der Waals surface area contributed by atoms with Gasteiger partial charge in [-0.1, -0.05) is 18.2 Å². The number of nitrogens with zero attached hydrogens (tertiary/aromatic N) is 3. The van der Waals surface area contributed by atoms with E-state index in [0.717, 1.165) is 24.6 Å². The zero-order valence-electron chi connectivity index (χ0n) is 19.9. The first-order valence-electron chi connectivity index (χ1n) is 11.5. The van der Waals surface area contributed by atoms with Gasteiger partial charge >= 0.3 is 0 Å². The van der Waals surface area contributed by atoms with E-state index in [4.69, 9.17) is 11.6 Å². The van der Waals surface area contributed by atoms with Crippen molar-refractivity contribution in [2.24, 2.45) is 0 Å². The van der Waals surface area contributed by atoms with Gasteiger partial charge in [0, 0.05) is 43.7 Å². The molecule has 3 heterocycles. The van der Waals surface area contributed by atoms with Crippen LogP contribution in [0.3, 0.4) is 0 Å². The van der Waals surface area contributed by atoms with Gasteiger partial charge in [0.2, 0.25) is 5.91 Å². The average Bonchev–Trinajstić information content (AvgIpc) is 3.20. The summed E-state index contributed by atoms with van der Waals surface area (Å²) in [7, 11) is -3.80. The zero-order valence-corrected chi connectivity index (χ0v) is 21.4. The summed E-state index contributed by atoms with van der Waals surface area (Å²) >= 11 is 6.23. The lowest BCUT2D eigenvalue weighted by atomic mass is 10.0. The fraction of sp³-hybridized carbons (Fsp3) is 0.417. The fourth-order valence-electron chi connectivity index (χ4n) is 4.63. The predicted molar refractivity (Wildman–Crippen MR) is 132 cm³/mol. The summed E-state index contributed by atoms with van der Waals surface area (Å²) in [6, 6.07) is 1.62. The van der Waals surface area contributed by atoms with Gasteiger partial charge in [-0.3, -0.25) is 4.79 Å². The Labute approximate surface area is 217 Å². The number of allylic oxidation sites excluding steroid dienone is 1. The SMILES string of the molecule is C=CC(F)(F)c1cnc(N2CCC(N3CC[C@H](Nc4c(F)cc(S(C)(=O)=O)cc4F)C3=O)CC2)c(Cl)c1. The molecule has 1 N–H and O–H groups in total. The molecule has 1 aromatic heterocycles. The number of alkyl halides is 2. The van der Waals surface area contributed by atoms with Crippen LogP contribution in [0.25, 0.3) is 0 Å². The summed E-state index contributed by atoms with van der Waals surface area (Å²) in [6.45, 7) is 4.47. The summed E-state index contributed by atoms with van der Waals surface area (Å²) in [5, 5.41) is 2.68. The number of benzene rings is 1. The molecule has 0 radical (unpaired) electrons. The molecule has 1 atom stereocenters. The third-order valence-electron chi connectivity index (χ3n) is 6.67. The van der Waals surface area contributed by atoms with E-state index in [0.29, 0.717) is 50.8 Å². The summed E-state index contributed by atoms with van der Waals surface area (Å²) in [4.78, 5) is 20.2. The van der Waals surface area contributed by atoms with Crippen LogP contribution in [-0.2, 0) is 20.6 Å². The van der Waals surface area contributed by atoms with Gasteiger partial charge in [0.1, 0.15) is 17.5 Å². The van der Waals surface area contributed by atoms with E-state index in [1.54, 1.807) is 4.90 Å². The van der Waals surface area contributed by atoms with Crippen molar-refractivity contribution < 1.29 is 30.8 Å². The van der Waals surface area contributed by atoms with Gasteiger partial charge in [0.15, 0.2) is 21.5 Å². The van der Waals surface area contributed by atoms with Crippen LogP contribution < -0.4 is 10.2 Å². The Hall–Kier alpha value is -2.86. The van der Waals surface area contributed by atoms with Crippen LogP contribution in [0.1, 0.15) is 24.8 Å². The van der Waals surface area contributed by atoms with Crippen LogP contribution in [0.5, 0.6) is 0 Å². The molecule has 2 saturated heterocycles. The maximum atomic E-state index is 14.5. The number of sulfone groups is 1. The summed E-state index contributed by atoms with van der Waals surface area (Å²) < 4.78 is 79.8. The van der Waals surface area contributed by atoms with Crippen LogP contribution in [-0.4, -0.2) is 62.2 Å². The molecule has 4 rings (SSSR count). The van der Waals surface area contributed by atoms with Gasteiger partial charge in [-0.15, -0.1) is 0 Å². The molecule has 1 amide bonds. The minimum absolute atomic E-state index is 0.0879. The number of carbonyl (C=O) groups is 1. The van der Waals surface area contributed by atoms with Crippen LogP contribution in [0.4, 0.5) is 29.1 Å². The lowest BCUT2D eigenvalue weighted by molar-refractivity contribution is -0.130. The summed E-state index contributed by atoms with van der Waals surface area (Å²) in [5.74, 6) is -5.37. The molecular formula is C24H25ClF4N4O3S. The second kappa shape index (κ2) is 10.1. The van der Waals surface area contributed by atoms with Crippen LogP contribution >= 0.6 is 11.6 Å². The molecule has 1 aromatic carbocycles. The number of hydrogen-bond acceptors (Lipinski definition) is 6. The molecule has 0 aliphatic carbocycles. The van der Waals surface area contributed by atoms with Crippen LogP contribution in [0.15, 0.2) is 41.9 Å². The van der Waals surface area contributed by atoms with E-state index in [1.165, 1.54) is 6.07 Å². The van der Waals surface area contributed by atoms with E-state index in [1.807, 2.05) is 4.90 Å². The van der Waals surface area contributed by atoms with Crippen molar-refractivity contribution in [2.45, 2.75) is 42.2 Å². The van der Waals surface area contributed by atoms with Gasteiger partial charge in [-0.05, 0) is 43.5 Å². The van der Waals surface area contributed by atoms with Crippen molar-refractivity contribution in [3.05, 3.63) is 59.3 Å². The lowest BCUT2D eigenvalue weighted by Crippen LogP contribution is -2.47. The molecule has 200 valence electrons. The maximum absolute atomic E-state index is 14.5. The number of carbonyl (C=O) groups excluding carboxylic acids is 1. The van der Waals surface area contributed by atoms with E-state index < -0.39 is 44.0 Å². The summed E-state index contributed by atoms with van der Waals surface area (Å²) in [6.07, 6.45) is 3.88. The van der Waals surface area contributed by atoms with E-state index >= 15 is 0 Å². The van der Waals surface area contributed by atoms with E-state index in [-0.39, 0.29) is 22.5 Å². The van der Waals surface area contributed by atoms with E-state index in [9.17, 15) is 30.8 Å². The predicted octanol–water partition coefficient (Wildman–Crippen LogP) is 4.38. The highest BCUT2D eigenvalue weighted by Crippen LogP contribution is 2.35. The molecule has 0 unspecified atom stereocenters. The number of rotatable bonds is 7. The number of nitrogens with one attached hydrogen (secondary N) is 1. The minimum atomic E-state index is -3.80. The van der Waals surface area contributed by atoms with Gasteiger partial charge < -0.3 is 15.1 Å². The normalized spacial score (nSPS) is 19.4. The van der Waals surface area contributed by atoms with Crippen LogP contribution in [0, 0.1) is 11.6 Å². The number of piperidine rings is 1. The maximum Gasteiger partial charge on any atom is 0.292 e. The second-order valence-corrected chi connectivity index (χ2v) is 11.5. The van der Waals surface area contributed by atoms with Gasteiger partial charge in [-0.2, -0.15) is 8.78 Å². The zero-order chi connectivity index (χ0) is 27.1. The van der Waals surface area contributed by atoms with Gasteiger partial charge in [-0.25, -0.2) is 22.2 Å². The number of amides is 1. The first-order chi connectivity index (χ1) is 17.3. The number of pyridine rings is 1. The third-order valence-corrected chi connectivity index (χ3v) is 8.04. The number of aromatic nitrogens is 1. The quantitative estimate of drug-likeness (QED) is 0.400. The van der Waals surface area contributed by atoms with Gasteiger partial charge in [0.05, 0.1) is 9.92 Å². The number of likely N-dealkylation sites (tertiary alicyclic amines) is 1. The lowest BCUT2D eigenvalue weighted by Gasteiger charge is -2.37. The van der Waals surface area contributed by atoms with Crippen molar-refractivity contribution in [1.82, 2.24) is 9.88 Å². The number of anilines is 2. The van der Waals surface area contributed by atoms with Crippen molar-refractivity contribution in [3.8, 4) is 0 Å². The number of halogens is 5. The smallest absolute Gasteiger partial charge is 0.292 e. The highest BCUT2D eigenvalue weighted by Gasteiger charge is 2.38. The first kappa shape index (κ1) is 27.2. The summed E-state index contributed by atoms with van der Waals surface area (Å²) in [5.41, 5.74) is -0.903. The second-order valence-electron chi connectivity index (χ2n) is 9.13. The molecule has 2 aliphatic heterocycles.